The van der Waals surface area contributed by atoms with Crippen LogP contribution in [-0.2, 0) is 5.60 Å². The molecule has 5 unspecified atom stereocenters. The largest absolute Gasteiger partial charge is 0.384 e. The molecule has 10 heteroatoms. The molecule has 3 heterocycles. The SMILES string of the molecule is O=C(c1cccs1)C1C(c2ccc(Cl)cc2Cl)CC(O)(c2cccs2)C(C(=O)c2cccs2)C1c1ccc(Cl)cc1Cl. The van der Waals surface area contributed by atoms with Gasteiger partial charge >= 0.3 is 0 Å². The van der Waals surface area contributed by atoms with Crippen LogP contribution in [-0.4, -0.2) is 16.7 Å². The van der Waals surface area contributed by atoms with Crippen molar-refractivity contribution in [3.8, 4) is 0 Å². The predicted molar refractivity (Wildman–Crippen MR) is 176 cm³/mol. The Morgan fingerprint density at radius 2 is 1.26 bits per heavy atom. The first-order chi connectivity index (χ1) is 20.2. The summed E-state index contributed by atoms with van der Waals surface area (Å²) >= 11 is 30.3. The Bertz CT molecular complexity index is 1730. The van der Waals surface area contributed by atoms with E-state index in [9.17, 15) is 14.7 Å². The second-order valence-electron chi connectivity index (χ2n) is 10.3. The zero-order valence-corrected chi connectivity index (χ0v) is 27.2. The van der Waals surface area contributed by atoms with E-state index in [0.29, 0.717) is 45.8 Å². The van der Waals surface area contributed by atoms with Crippen LogP contribution >= 0.6 is 80.4 Å². The fourth-order valence-electron chi connectivity index (χ4n) is 6.25. The molecule has 2 aromatic carbocycles. The molecule has 6 rings (SSSR count). The Morgan fingerprint density at radius 3 is 1.79 bits per heavy atom. The summed E-state index contributed by atoms with van der Waals surface area (Å²) in [5.41, 5.74) is -0.415. The average Bonchev–Trinajstić information content (AvgIpc) is 3.76. The minimum atomic E-state index is -1.65. The molecule has 0 bridgehead atoms. The fraction of sp³-hybridized carbons (Fsp3) is 0.188. The number of hydrogen-bond donors (Lipinski definition) is 1. The van der Waals surface area contributed by atoms with Crippen molar-refractivity contribution >= 4 is 92.0 Å². The molecule has 214 valence electrons. The van der Waals surface area contributed by atoms with E-state index in [0.717, 1.165) is 0 Å². The summed E-state index contributed by atoms with van der Waals surface area (Å²) in [6.07, 6.45) is 0.0835. The highest BCUT2D eigenvalue weighted by Crippen LogP contribution is 2.60. The smallest absolute Gasteiger partial charge is 0.179 e. The Hall–Kier alpha value is -2.00. The number of carbonyl (C=O) groups is 2. The first kappa shape index (κ1) is 30.0. The number of aliphatic hydroxyl groups is 1. The Balaban J connectivity index is 1.68. The lowest BCUT2D eigenvalue weighted by Gasteiger charge is -2.51. The molecule has 42 heavy (non-hydrogen) atoms. The van der Waals surface area contributed by atoms with Crippen LogP contribution in [0.5, 0.6) is 0 Å². The molecular formula is C32H22Cl4O3S3. The number of hydrogen-bond acceptors (Lipinski definition) is 6. The van der Waals surface area contributed by atoms with E-state index < -0.39 is 29.3 Å². The van der Waals surface area contributed by atoms with E-state index >= 15 is 0 Å². The van der Waals surface area contributed by atoms with Crippen molar-refractivity contribution in [2.45, 2.75) is 23.9 Å². The minimum absolute atomic E-state index is 0.0835. The van der Waals surface area contributed by atoms with Crippen molar-refractivity contribution in [2.75, 3.05) is 0 Å². The molecule has 5 atom stereocenters. The number of rotatable bonds is 7. The van der Waals surface area contributed by atoms with Gasteiger partial charge < -0.3 is 5.11 Å². The summed E-state index contributed by atoms with van der Waals surface area (Å²) < 4.78 is 0. The lowest BCUT2D eigenvalue weighted by molar-refractivity contribution is -0.0662. The van der Waals surface area contributed by atoms with E-state index in [-0.39, 0.29) is 18.0 Å². The normalized spacial score (nSPS) is 24.0. The average molecular weight is 693 g/mol. The topological polar surface area (TPSA) is 54.4 Å². The van der Waals surface area contributed by atoms with E-state index in [1.54, 1.807) is 54.6 Å². The molecule has 0 radical (unpaired) electrons. The van der Waals surface area contributed by atoms with Crippen molar-refractivity contribution in [3.05, 3.63) is 135 Å². The fourth-order valence-corrected chi connectivity index (χ4v) is 9.63. The van der Waals surface area contributed by atoms with Gasteiger partial charge in [0.05, 0.1) is 15.7 Å². The van der Waals surface area contributed by atoms with Gasteiger partial charge in [0.2, 0.25) is 0 Å². The number of thiophene rings is 3. The van der Waals surface area contributed by atoms with Crippen LogP contribution in [0.1, 0.15) is 53.6 Å². The van der Waals surface area contributed by atoms with E-state index in [1.807, 2.05) is 34.3 Å². The van der Waals surface area contributed by atoms with Gasteiger partial charge in [0.15, 0.2) is 11.6 Å². The van der Waals surface area contributed by atoms with Gasteiger partial charge in [-0.2, -0.15) is 0 Å². The van der Waals surface area contributed by atoms with Crippen molar-refractivity contribution in [2.24, 2.45) is 11.8 Å². The number of halogens is 4. The molecular weight excluding hydrogens is 670 g/mol. The molecule has 1 aliphatic carbocycles. The highest BCUT2D eigenvalue weighted by atomic mass is 35.5. The summed E-state index contributed by atoms with van der Waals surface area (Å²) in [6.45, 7) is 0. The molecule has 5 aromatic rings. The number of benzene rings is 2. The summed E-state index contributed by atoms with van der Waals surface area (Å²) in [5, 5.41) is 20.0. The summed E-state index contributed by atoms with van der Waals surface area (Å²) in [7, 11) is 0. The van der Waals surface area contributed by atoms with Crippen molar-refractivity contribution < 1.29 is 14.7 Å². The van der Waals surface area contributed by atoms with Crippen molar-refractivity contribution in [1.29, 1.82) is 0 Å². The minimum Gasteiger partial charge on any atom is -0.384 e. The van der Waals surface area contributed by atoms with Crippen molar-refractivity contribution in [1.82, 2.24) is 0 Å². The van der Waals surface area contributed by atoms with Crippen LogP contribution in [0.15, 0.2) is 88.9 Å². The summed E-state index contributed by atoms with van der Waals surface area (Å²) in [5.74, 6) is -3.63. The van der Waals surface area contributed by atoms with Gasteiger partial charge in [-0.1, -0.05) is 76.7 Å². The molecule has 0 spiro atoms. The van der Waals surface area contributed by atoms with E-state index in [2.05, 4.69) is 0 Å². The van der Waals surface area contributed by atoms with E-state index in [1.165, 1.54) is 34.0 Å². The molecule has 1 saturated carbocycles. The Morgan fingerprint density at radius 1 is 0.714 bits per heavy atom. The molecule has 0 saturated heterocycles. The number of ketones is 2. The first-order valence-electron chi connectivity index (χ1n) is 13.0. The highest BCUT2D eigenvalue weighted by molar-refractivity contribution is 7.12. The predicted octanol–water partition coefficient (Wildman–Crippen LogP) is 10.6. The second-order valence-corrected chi connectivity index (χ2v) is 14.8. The van der Waals surface area contributed by atoms with Gasteiger partial charge in [-0.25, -0.2) is 0 Å². The zero-order chi connectivity index (χ0) is 29.6. The van der Waals surface area contributed by atoms with E-state index in [4.69, 9.17) is 46.4 Å². The molecule has 0 aliphatic heterocycles. The molecule has 1 N–H and O–H groups in total. The summed E-state index contributed by atoms with van der Waals surface area (Å²) in [4.78, 5) is 30.9. The third-order valence-corrected chi connectivity index (χ3v) is 11.9. The van der Waals surface area contributed by atoms with Crippen LogP contribution in [0.25, 0.3) is 0 Å². The maximum Gasteiger partial charge on any atom is 0.179 e. The van der Waals surface area contributed by atoms with Gasteiger partial charge in [0, 0.05) is 36.8 Å². The summed E-state index contributed by atoms with van der Waals surface area (Å²) in [6, 6.07) is 21.1. The molecule has 1 fully saturated rings. The maximum atomic E-state index is 14.6. The van der Waals surface area contributed by atoms with Gasteiger partial charge in [0.25, 0.3) is 0 Å². The second kappa shape index (κ2) is 12.2. The van der Waals surface area contributed by atoms with Crippen molar-refractivity contribution in [3.63, 3.8) is 0 Å². The highest BCUT2D eigenvalue weighted by Gasteiger charge is 2.60. The standard InChI is InChI=1S/C32H22Cl4O3S3/c33-17-7-9-19(22(35)14-17)21-16-32(39,26-6-3-13-42-26)29(31(38)25-5-2-12-41-25)27(20-10-8-18(34)15-23(20)36)28(21)30(37)24-4-1-11-40-24/h1-15,21,27-29,39H,16H2. The van der Waals surface area contributed by atoms with Gasteiger partial charge in [0.1, 0.15) is 5.60 Å². The zero-order valence-electron chi connectivity index (χ0n) is 21.7. The molecule has 0 amide bonds. The van der Waals surface area contributed by atoms with Crippen LogP contribution in [0, 0.1) is 11.8 Å². The number of carbonyl (C=O) groups excluding carboxylic acids is 2. The van der Waals surface area contributed by atoms with Gasteiger partial charge in [-0.3, -0.25) is 9.59 Å². The molecule has 3 nitrogen and oxygen atoms in total. The van der Waals surface area contributed by atoms with Crippen LogP contribution in [0.4, 0.5) is 0 Å². The Labute approximate surface area is 275 Å². The number of Topliss-reactive ketones (excluding diaryl/α,β-unsaturated/α-hetero) is 2. The first-order valence-corrected chi connectivity index (χ1v) is 17.2. The lowest BCUT2D eigenvalue weighted by Crippen LogP contribution is -2.53. The maximum absolute atomic E-state index is 14.6. The quantitative estimate of drug-likeness (QED) is 0.173. The third kappa shape index (κ3) is 5.42. The monoisotopic (exact) mass is 690 g/mol. The third-order valence-electron chi connectivity index (χ3n) is 7.97. The van der Waals surface area contributed by atoms with Gasteiger partial charge in [-0.05, 0) is 82.1 Å². The Kier molecular flexibility index (Phi) is 8.71. The van der Waals surface area contributed by atoms with Gasteiger partial charge in [-0.15, -0.1) is 34.0 Å². The lowest BCUT2D eigenvalue weighted by atomic mass is 9.54. The van der Waals surface area contributed by atoms with Crippen LogP contribution in [0.3, 0.4) is 0 Å². The molecule has 1 aliphatic rings. The van der Waals surface area contributed by atoms with Crippen LogP contribution in [0.2, 0.25) is 20.1 Å². The van der Waals surface area contributed by atoms with Crippen LogP contribution < -0.4 is 0 Å². The molecule has 3 aromatic heterocycles.